The van der Waals surface area contributed by atoms with Gasteiger partial charge >= 0.3 is 0 Å². The number of hydrogen-bond acceptors (Lipinski definition) is 5. The van der Waals surface area contributed by atoms with Crippen LogP contribution in [0.15, 0.2) is 33.5 Å². The van der Waals surface area contributed by atoms with Crippen molar-refractivity contribution in [2.24, 2.45) is 15.3 Å². The van der Waals surface area contributed by atoms with Crippen LogP contribution < -0.4 is 5.43 Å². The molecule has 28 heavy (non-hydrogen) atoms. The SMILES string of the molecule is CCn1c(O)c(/C=N/N=C2CCCCC2)c2ccc(C3=NNC(=O)CC3)cc21. The van der Waals surface area contributed by atoms with Crippen LogP contribution in [0.2, 0.25) is 0 Å². The van der Waals surface area contributed by atoms with Gasteiger partial charge in [0.1, 0.15) is 0 Å². The molecular weight excluding hydrogens is 354 g/mol. The molecule has 1 aromatic heterocycles. The lowest BCUT2D eigenvalue weighted by molar-refractivity contribution is -0.121. The Morgan fingerprint density at radius 1 is 1.21 bits per heavy atom. The van der Waals surface area contributed by atoms with E-state index < -0.39 is 0 Å². The van der Waals surface area contributed by atoms with Crippen LogP contribution in [0.5, 0.6) is 5.88 Å². The monoisotopic (exact) mass is 379 g/mol. The van der Waals surface area contributed by atoms with Gasteiger partial charge in [0.05, 0.1) is 23.0 Å². The van der Waals surface area contributed by atoms with E-state index in [1.807, 2.05) is 29.7 Å². The Balaban J connectivity index is 1.69. The standard InChI is InChI=1S/C21H25N5O2/c1-2-26-19-12-14(18-10-11-20(27)25-24-18)8-9-16(19)17(21(26)28)13-22-23-15-6-4-3-5-7-15/h8-9,12-13,28H,2-7,10-11H2,1H3,(H,25,27)/b22-13+. The average Bonchev–Trinajstić information content (AvgIpc) is 2.99. The second-order valence-electron chi connectivity index (χ2n) is 7.28. The number of carbonyl (C=O) groups is 1. The van der Waals surface area contributed by atoms with Crippen molar-refractivity contribution in [1.29, 1.82) is 0 Å². The molecule has 1 fully saturated rings. The summed E-state index contributed by atoms with van der Waals surface area (Å²) in [5.74, 6) is 0.138. The van der Waals surface area contributed by atoms with Crippen LogP contribution in [0.1, 0.15) is 63.0 Å². The molecule has 2 heterocycles. The topological polar surface area (TPSA) is 91.3 Å². The summed E-state index contributed by atoms with van der Waals surface area (Å²) in [4.78, 5) is 11.3. The van der Waals surface area contributed by atoms with Crippen LogP contribution in [0.25, 0.3) is 10.9 Å². The molecule has 0 unspecified atom stereocenters. The van der Waals surface area contributed by atoms with Crippen molar-refractivity contribution in [3.8, 4) is 5.88 Å². The summed E-state index contributed by atoms with van der Waals surface area (Å²) in [6.45, 7) is 2.63. The minimum atomic E-state index is -0.0579. The molecule has 7 nitrogen and oxygen atoms in total. The summed E-state index contributed by atoms with van der Waals surface area (Å²) in [5.41, 5.74) is 7.08. The largest absolute Gasteiger partial charge is 0.494 e. The molecule has 2 N–H and O–H groups in total. The fourth-order valence-electron chi connectivity index (χ4n) is 3.90. The maximum absolute atomic E-state index is 11.3. The molecule has 4 rings (SSSR count). The Morgan fingerprint density at radius 3 is 2.75 bits per heavy atom. The van der Waals surface area contributed by atoms with Crippen molar-refractivity contribution in [2.45, 2.75) is 58.4 Å². The quantitative estimate of drug-likeness (QED) is 0.626. The van der Waals surface area contributed by atoms with Crippen LogP contribution >= 0.6 is 0 Å². The summed E-state index contributed by atoms with van der Waals surface area (Å²) in [6, 6.07) is 5.96. The summed E-state index contributed by atoms with van der Waals surface area (Å²) < 4.78 is 1.86. The van der Waals surface area contributed by atoms with Crippen LogP contribution in [0, 0.1) is 0 Å². The molecule has 0 saturated heterocycles. The molecule has 1 amide bonds. The molecule has 1 aliphatic heterocycles. The lowest BCUT2D eigenvalue weighted by atomic mass is 9.99. The van der Waals surface area contributed by atoms with Gasteiger partial charge in [0, 0.05) is 30.5 Å². The number of amides is 1. The van der Waals surface area contributed by atoms with Gasteiger partial charge in [-0.3, -0.25) is 4.79 Å². The zero-order valence-electron chi connectivity index (χ0n) is 16.1. The number of aromatic nitrogens is 1. The predicted molar refractivity (Wildman–Crippen MR) is 111 cm³/mol. The van der Waals surface area contributed by atoms with E-state index in [1.165, 1.54) is 19.3 Å². The smallest absolute Gasteiger partial charge is 0.240 e. The molecule has 1 aromatic carbocycles. The number of benzene rings is 1. The van der Waals surface area contributed by atoms with Crippen molar-refractivity contribution in [2.75, 3.05) is 0 Å². The fourth-order valence-corrected chi connectivity index (χ4v) is 3.90. The van der Waals surface area contributed by atoms with Gasteiger partial charge in [-0.25, -0.2) is 5.43 Å². The van der Waals surface area contributed by atoms with Crippen LogP contribution in [0.3, 0.4) is 0 Å². The summed E-state index contributed by atoms with van der Waals surface area (Å²) >= 11 is 0. The molecule has 7 heteroatoms. The summed E-state index contributed by atoms with van der Waals surface area (Å²) in [5, 5.41) is 24.5. The second kappa shape index (κ2) is 7.96. The third-order valence-corrected chi connectivity index (χ3v) is 5.45. The maximum atomic E-state index is 11.3. The van der Waals surface area contributed by atoms with E-state index in [1.54, 1.807) is 6.21 Å². The van der Waals surface area contributed by atoms with Gasteiger partial charge in [0.25, 0.3) is 0 Å². The number of aromatic hydroxyl groups is 1. The first-order chi connectivity index (χ1) is 13.7. The molecule has 1 saturated carbocycles. The molecule has 0 spiro atoms. The van der Waals surface area contributed by atoms with E-state index in [4.69, 9.17) is 0 Å². The van der Waals surface area contributed by atoms with Gasteiger partial charge in [0.15, 0.2) is 0 Å². The van der Waals surface area contributed by atoms with Crippen molar-refractivity contribution in [3.63, 3.8) is 0 Å². The normalized spacial score (nSPS) is 17.8. The lowest BCUT2D eigenvalue weighted by Gasteiger charge is -2.12. The lowest BCUT2D eigenvalue weighted by Crippen LogP contribution is -2.25. The predicted octanol–water partition coefficient (Wildman–Crippen LogP) is 3.72. The first kappa shape index (κ1) is 18.4. The van der Waals surface area contributed by atoms with Crippen LogP contribution in [-0.2, 0) is 11.3 Å². The van der Waals surface area contributed by atoms with E-state index in [0.29, 0.717) is 24.9 Å². The number of nitrogens with one attached hydrogen (secondary N) is 1. The first-order valence-electron chi connectivity index (χ1n) is 9.97. The van der Waals surface area contributed by atoms with E-state index >= 15 is 0 Å². The Kier molecular flexibility index (Phi) is 5.23. The number of hydrazone groups is 1. The van der Waals surface area contributed by atoms with Gasteiger partial charge in [-0.15, -0.1) is 0 Å². The van der Waals surface area contributed by atoms with Crippen molar-refractivity contribution in [1.82, 2.24) is 9.99 Å². The van der Waals surface area contributed by atoms with Crippen molar-refractivity contribution < 1.29 is 9.90 Å². The van der Waals surface area contributed by atoms with E-state index in [2.05, 4.69) is 20.7 Å². The minimum Gasteiger partial charge on any atom is -0.494 e. The molecule has 1 aliphatic carbocycles. The third-order valence-electron chi connectivity index (χ3n) is 5.45. The number of nitrogens with zero attached hydrogens (tertiary/aromatic N) is 4. The molecule has 2 aliphatic rings. The number of aryl methyl sites for hydroxylation is 1. The van der Waals surface area contributed by atoms with E-state index in [0.717, 1.165) is 40.7 Å². The zero-order chi connectivity index (χ0) is 19.5. The number of carbonyl (C=O) groups excluding carboxylic acids is 1. The Morgan fingerprint density at radius 2 is 2.04 bits per heavy atom. The fraction of sp³-hybridized carbons (Fsp3) is 0.429. The van der Waals surface area contributed by atoms with Crippen molar-refractivity contribution >= 4 is 34.4 Å². The third kappa shape index (κ3) is 3.56. The summed E-state index contributed by atoms with van der Waals surface area (Å²) in [7, 11) is 0. The number of hydrogen-bond donors (Lipinski definition) is 2. The molecule has 2 aromatic rings. The average molecular weight is 379 g/mol. The van der Waals surface area contributed by atoms with E-state index in [-0.39, 0.29) is 11.8 Å². The highest BCUT2D eigenvalue weighted by Crippen LogP contribution is 2.31. The second-order valence-corrected chi connectivity index (χ2v) is 7.28. The van der Waals surface area contributed by atoms with Crippen LogP contribution in [-0.4, -0.2) is 33.2 Å². The van der Waals surface area contributed by atoms with E-state index in [9.17, 15) is 9.90 Å². The molecule has 0 radical (unpaired) electrons. The van der Waals surface area contributed by atoms with Gasteiger partial charge in [-0.1, -0.05) is 18.6 Å². The highest BCUT2D eigenvalue weighted by molar-refractivity contribution is 6.09. The highest BCUT2D eigenvalue weighted by Gasteiger charge is 2.18. The van der Waals surface area contributed by atoms with Gasteiger partial charge in [-0.05, 0) is 44.2 Å². The highest BCUT2D eigenvalue weighted by atomic mass is 16.3. The first-order valence-corrected chi connectivity index (χ1v) is 9.97. The Labute approximate surface area is 163 Å². The number of rotatable bonds is 4. The minimum absolute atomic E-state index is 0.0579. The summed E-state index contributed by atoms with van der Waals surface area (Å²) in [6.07, 6.45) is 8.37. The Bertz CT molecular complexity index is 992. The maximum Gasteiger partial charge on any atom is 0.240 e. The van der Waals surface area contributed by atoms with Gasteiger partial charge in [0.2, 0.25) is 11.8 Å². The van der Waals surface area contributed by atoms with Crippen molar-refractivity contribution in [3.05, 3.63) is 29.3 Å². The molecule has 0 atom stereocenters. The molecule has 146 valence electrons. The molecular formula is C21H25N5O2. The Hall–Kier alpha value is -2.96. The van der Waals surface area contributed by atoms with Gasteiger partial charge < -0.3 is 9.67 Å². The number of fused-ring (bicyclic) bond motifs is 1. The molecule has 0 bridgehead atoms. The van der Waals surface area contributed by atoms with Gasteiger partial charge in [-0.2, -0.15) is 15.3 Å². The van der Waals surface area contributed by atoms with Crippen LogP contribution in [0.4, 0.5) is 0 Å². The zero-order valence-corrected chi connectivity index (χ0v) is 16.1.